The number of nitrogens with two attached hydrogens (primary N) is 2. The van der Waals surface area contributed by atoms with E-state index >= 15 is 0 Å². The Labute approximate surface area is 167 Å². The SMILES string of the molecule is CC(Cc1ccc(N)cc1)N1CCN(CCNc2ccccc2C(N)=O)CC1. The highest BCUT2D eigenvalue weighted by molar-refractivity contribution is 5.98. The molecule has 1 aliphatic rings. The molecule has 0 saturated carbocycles. The second kappa shape index (κ2) is 9.57. The van der Waals surface area contributed by atoms with Gasteiger partial charge in [-0.05, 0) is 43.2 Å². The molecule has 0 bridgehead atoms. The fourth-order valence-electron chi connectivity index (χ4n) is 3.75. The molecule has 0 aromatic heterocycles. The summed E-state index contributed by atoms with van der Waals surface area (Å²) in [5.41, 5.74) is 14.7. The number of hydrogen-bond acceptors (Lipinski definition) is 5. The van der Waals surface area contributed by atoms with Gasteiger partial charge in [-0.25, -0.2) is 0 Å². The first-order valence-electron chi connectivity index (χ1n) is 9.96. The molecule has 5 N–H and O–H groups in total. The normalized spacial score (nSPS) is 16.6. The zero-order valence-electron chi connectivity index (χ0n) is 16.6. The molecule has 6 nitrogen and oxygen atoms in total. The molecule has 28 heavy (non-hydrogen) atoms. The average Bonchev–Trinajstić information content (AvgIpc) is 2.70. The fourth-order valence-corrected chi connectivity index (χ4v) is 3.75. The molecule has 2 aromatic rings. The van der Waals surface area contributed by atoms with Crippen LogP contribution in [0.2, 0.25) is 0 Å². The topological polar surface area (TPSA) is 87.6 Å². The number of piperazine rings is 1. The number of nitrogens with zero attached hydrogens (tertiary/aromatic N) is 2. The van der Waals surface area contributed by atoms with Crippen LogP contribution in [0.1, 0.15) is 22.8 Å². The summed E-state index contributed by atoms with van der Waals surface area (Å²) in [6, 6.07) is 16.1. The molecule has 0 spiro atoms. The van der Waals surface area contributed by atoms with Crippen LogP contribution >= 0.6 is 0 Å². The van der Waals surface area contributed by atoms with Crippen LogP contribution in [0.15, 0.2) is 48.5 Å². The van der Waals surface area contributed by atoms with Gasteiger partial charge >= 0.3 is 0 Å². The van der Waals surface area contributed by atoms with Gasteiger partial charge in [0.25, 0.3) is 5.91 Å². The molecule has 1 saturated heterocycles. The van der Waals surface area contributed by atoms with Gasteiger partial charge in [-0.1, -0.05) is 24.3 Å². The minimum atomic E-state index is -0.396. The molecular weight excluding hydrogens is 350 g/mol. The molecule has 1 atom stereocenters. The van der Waals surface area contributed by atoms with Crippen LogP contribution in [0, 0.1) is 0 Å². The van der Waals surface area contributed by atoms with E-state index in [0.29, 0.717) is 11.6 Å². The van der Waals surface area contributed by atoms with E-state index in [2.05, 4.69) is 34.2 Å². The van der Waals surface area contributed by atoms with Gasteiger partial charge in [0.2, 0.25) is 0 Å². The van der Waals surface area contributed by atoms with E-state index in [1.807, 2.05) is 30.3 Å². The van der Waals surface area contributed by atoms with Crippen molar-refractivity contribution in [3.8, 4) is 0 Å². The molecule has 1 unspecified atom stereocenters. The predicted molar refractivity (Wildman–Crippen MR) is 115 cm³/mol. The lowest BCUT2D eigenvalue weighted by atomic mass is 10.0. The Bertz CT molecular complexity index is 769. The molecule has 1 aliphatic heterocycles. The van der Waals surface area contributed by atoms with Gasteiger partial charge in [-0.3, -0.25) is 14.6 Å². The molecule has 1 amide bonds. The molecule has 1 fully saturated rings. The van der Waals surface area contributed by atoms with Crippen LogP contribution in [-0.4, -0.2) is 61.0 Å². The van der Waals surface area contributed by atoms with E-state index in [1.165, 1.54) is 5.56 Å². The summed E-state index contributed by atoms with van der Waals surface area (Å²) in [5, 5.41) is 3.35. The van der Waals surface area contributed by atoms with Crippen molar-refractivity contribution in [3.05, 3.63) is 59.7 Å². The Morgan fingerprint density at radius 3 is 2.43 bits per heavy atom. The van der Waals surface area contributed by atoms with Crippen molar-refractivity contribution in [1.82, 2.24) is 9.80 Å². The van der Waals surface area contributed by atoms with Crippen molar-refractivity contribution < 1.29 is 4.79 Å². The number of benzene rings is 2. The molecule has 2 aromatic carbocycles. The lowest BCUT2D eigenvalue weighted by molar-refractivity contribution is 0.100. The second-order valence-corrected chi connectivity index (χ2v) is 7.51. The maximum Gasteiger partial charge on any atom is 0.250 e. The Morgan fingerprint density at radius 2 is 1.75 bits per heavy atom. The summed E-state index contributed by atoms with van der Waals surface area (Å²) in [6.07, 6.45) is 1.05. The third-order valence-electron chi connectivity index (χ3n) is 5.48. The zero-order valence-corrected chi connectivity index (χ0v) is 16.6. The third-order valence-corrected chi connectivity index (χ3v) is 5.48. The number of amides is 1. The highest BCUT2D eigenvalue weighted by Crippen LogP contribution is 2.15. The number of carbonyl (C=O) groups excluding carboxylic acids is 1. The lowest BCUT2D eigenvalue weighted by Crippen LogP contribution is -2.50. The number of para-hydroxylation sites is 1. The molecule has 0 aliphatic carbocycles. The van der Waals surface area contributed by atoms with Gasteiger partial charge in [0.05, 0.1) is 5.56 Å². The predicted octanol–water partition coefficient (Wildman–Crippen LogP) is 2.03. The first-order valence-corrected chi connectivity index (χ1v) is 9.96. The standard InChI is InChI=1S/C22H31N5O/c1-17(16-18-6-8-19(23)9-7-18)27-14-12-26(13-15-27)11-10-25-21-5-3-2-4-20(21)22(24)28/h2-9,17,25H,10-16,23H2,1H3,(H2,24,28). The van der Waals surface area contributed by atoms with Gasteiger partial charge in [0, 0.05) is 56.7 Å². The van der Waals surface area contributed by atoms with E-state index in [1.54, 1.807) is 6.07 Å². The highest BCUT2D eigenvalue weighted by atomic mass is 16.1. The number of anilines is 2. The number of primary amides is 1. The Morgan fingerprint density at radius 1 is 1.07 bits per heavy atom. The smallest absolute Gasteiger partial charge is 0.250 e. The second-order valence-electron chi connectivity index (χ2n) is 7.51. The number of hydrogen-bond donors (Lipinski definition) is 3. The maximum absolute atomic E-state index is 11.5. The van der Waals surface area contributed by atoms with Crippen molar-refractivity contribution in [2.45, 2.75) is 19.4 Å². The van der Waals surface area contributed by atoms with Crippen LogP contribution in [-0.2, 0) is 6.42 Å². The van der Waals surface area contributed by atoms with E-state index < -0.39 is 5.91 Å². The molecule has 1 heterocycles. The van der Waals surface area contributed by atoms with Gasteiger partial charge in [0.1, 0.15) is 0 Å². The van der Waals surface area contributed by atoms with Gasteiger partial charge in [-0.2, -0.15) is 0 Å². The average molecular weight is 382 g/mol. The van der Waals surface area contributed by atoms with Crippen molar-refractivity contribution in [2.24, 2.45) is 5.73 Å². The van der Waals surface area contributed by atoms with Crippen LogP contribution < -0.4 is 16.8 Å². The number of rotatable bonds is 8. The highest BCUT2D eigenvalue weighted by Gasteiger charge is 2.21. The van der Waals surface area contributed by atoms with E-state index in [9.17, 15) is 4.79 Å². The fraction of sp³-hybridized carbons (Fsp3) is 0.409. The molecule has 6 heteroatoms. The van der Waals surface area contributed by atoms with Crippen molar-refractivity contribution in [3.63, 3.8) is 0 Å². The van der Waals surface area contributed by atoms with Crippen LogP contribution in [0.3, 0.4) is 0 Å². The minimum Gasteiger partial charge on any atom is -0.399 e. The monoisotopic (exact) mass is 381 g/mol. The third kappa shape index (κ3) is 5.47. The Kier molecular flexibility index (Phi) is 6.90. The number of carbonyl (C=O) groups is 1. The van der Waals surface area contributed by atoms with Crippen LogP contribution in [0.5, 0.6) is 0 Å². The molecule has 0 radical (unpaired) electrons. The molecule has 3 rings (SSSR count). The summed E-state index contributed by atoms with van der Waals surface area (Å²) in [6.45, 7) is 8.32. The van der Waals surface area contributed by atoms with Crippen molar-refractivity contribution in [2.75, 3.05) is 50.3 Å². The van der Waals surface area contributed by atoms with Crippen molar-refractivity contribution >= 4 is 17.3 Å². The zero-order chi connectivity index (χ0) is 19.9. The summed E-state index contributed by atoms with van der Waals surface area (Å²) >= 11 is 0. The van der Waals surface area contributed by atoms with Crippen molar-refractivity contribution in [1.29, 1.82) is 0 Å². The van der Waals surface area contributed by atoms with E-state index in [4.69, 9.17) is 11.5 Å². The van der Waals surface area contributed by atoms with Crippen LogP contribution in [0.4, 0.5) is 11.4 Å². The van der Waals surface area contributed by atoms with Gasteiger partial charge in [-0.15, -0.1) is 0 Å². The van der Waals surface area contributed by atoms with E-state index in [0.717, 1.165) is 57.1 Å². The maximum atomic E-state index is 11.5. The van der Waals surface area contributed by atoms with Gasteiger partial charge < -0.3 is 16.8 Å². The quantitative estimate of drug-likeness (QED) is 0.609. The summed E-state index contributed by atoms with van der Waals surface area (Å²) in [7, 11) is 0. The minimum absolute atomic E-state index is 0.396. The first kappa shape index (κ1) is 20.2. The first-order chi connectivity index (χ1) is 13.5. The largest absolute Gasteiger partial charge is 0.399 e. The molecule has 150 valence electrons. The number of nitrogens with one attached hydrogen (secondary N) is 1. The summed E-state index contributed by atoms with van der Waals surface area (Å²) < 4.78 is 0. The lowest BCUT2D eigenvalue weighted by Gasteiger charge is -2.38. The van der Waals surface area contributed by atoms with Crippen LogP contribution in [0.25, 0.3) is 0 Å². The van der Waals surface area contributed by atoms with Gasteiger partial charge in [0.15, 0.2) is 0 Å². The number of nitrogen functional groups attached to an aromatic ring is 1. The van der Waals surface area contributed by atoms with E-state index in [-0.39, 0.29) is 0 Å². The Hall–Kier alpha value is -2.57. The Balaban J connectivity index is 1.40. The molecular formula is C22H31N5O. The summed E-state index contributed by atoms with van der Waals surface area (Å²) in [5.74, 6) is -0.396. The summed E-state index contributed by atoms with van der Waals surface area (Å²) in [4.78, 5) is 16.5.